The molecular weight excluding hydrogens is 310 g/mol. The zero-order valence-corrected chi connectivity index (χ0v) is 13.4. The van der Waals surface area contributed by atoms with E-state index in [0.717, 1.165) is 5.56 Å². The summed E-state index contributed by atoms with van der Waals surface area (Å²) in [4.78, 5) is 35.8. The summed E-state index contributed by atoms with van der Waals surface area (Å²) < 4.78 is 0. The predicted octanol–water partition coefficient (Wildman–Crippen LogP) is 2.48. The number of hydrogen-bond acceptors (Lipinski definition) is 4. The molecule has 2 amide bonds. The Hall–Kier alpha value is -3.22. The number of nitro groups is 1. The van der Waals surface area contributed by atoms with Crippen LogP contribution in [0.25, 0.3) is 0 Å². The molecular formula is C17H17N3O4. The second-order valence-electron chi connectivity index (χ2n) is 5.39. The van der Waals surface area contributed by atoms with Crippen molar-refractivity contribution in [2.24, 2.45) is 0 Å². The monoisotopic (exact) mass is 327 g/mol. The second-order valence-corrected chi connectivity index (χ2v) is 5.39. The highest BCUT2D eigenvalue weighted by Crippen LogP contribution is 2.19. The van der Waals surface area contributed by atoms with E-state index in [1.54, 1.807) is 44.4 Å². The van der Waals surface area contributed by atoms with Crippen LogP contribution in [-0.4, -0.2) is 35.7 Å². The van der Waals surface area contributed by atoms with Crippen molar-refractivity contribution in [1.82, 2.24) is 4.90 Å². The lowest BCUT2D eigenvalue weighted by Crippen LogP contribution is -2.23. The van der Waals surface area contributed by atoms with Gasteiger partial charge in [0.15, 0.2) is 0 Å². The van der Waals surface area contributed by atoms with Gasteiger partial charge in [0.2, 0.25) is 5.91 Å². The Morgan fingerprint density at radius 2 is 1.71 bits per heavy atom. The van der Waals surface area contributed by atoms with Gasteiger partial charge in [-0.05, 0) is 23.8 Å². The number of nitrogens with zero attached hydrogens (tertiary/aromatic N) is 2. The maximum Gasteiger partial charge on any atom is 0.282 e. The number of benzene rings is 2. The molecule has 0 heterocycles. The van der Waals surface area contributed by atoms with Crippen molar-refractivity contribution in [3.63, 3.8) is 0 Å². The molecule has 0 atom stereocenters. The molecule has 0 aliphatic rings. The van der Waals surface area contributed by atoms with Crippen molar-refractivity contribution in [1.29, 1.82) is 0 Å². The van der Waals surface area contributed by atoms with Crippen molar-refractivity contribution in [2.45, 2.75) is 6.42 Å². The minimum absolute atomic E-state index is 0.00522. The summed E-state index contributed by atoms with van der Waals surface area (Å²) in [5, 5.41) is 13.6. The number of nitrogens with one attached hydrogen (secondary N) is 1. The van der Waals surface area contributed by atoms with Crippen LogP contribution in [0.4, 0.5) is 11.4 Å². The third-order valence-electron chi connectivity index (χ3n) is 3.41. The topological polar surface area (TPSA) is 92.6 Å². The van der Waals surface area contributed by atoms with E-state index < -0.39 is 10.8 Å². The van der Waals surface area contributed by atoms with Crippen molar-refractivity contribution in [2.75, 3.05) is 19.4 Å². The Bertz CT molecular complexity index is 770. The van der Waals surface area contributed by atoms with Gasteiger partial charge in [0.05, 0.1) is 11.3 Å². The molecule has 0 radical (unpaired) electrons. The Balaban J connectivity index is 2.10. The Kier molecular flexibility index (Phi) is 5.26. The minimum Gasteiger partial charge on any atom is -0.349 e. The number of amides is 2. The molecule has 7 nitrogen and oxygen atoms in total. The van der Waals surface area contributed by atoms with Crippen molar-refractivity contribution in [3.8, 4) is 0 Å². The highest BCUT2D eigenvalue weighted by atomic mass is 16.6. The first-order chi connectivity index (χ1) is 11.4. The summed E-state index contributed by atoms with van der Waals surface area (Å²) >= 11 is 0. The zero-order valence-electron chi connectivity index (χ0n) is 13.4. The van der Waals surface area contributed by atoms with Crippen molar-refractivity contribution in [3.05, 3.63) is 69.8 Å². The van der Waals surface area contributed by atoms with E-state index in [1.807, 2.05) is 0 Å². The molecule has 7 heteroatoms. The Labute approximate surface area is 139 Å². The average Bonchev–Trinajstić information content (AvgIpc) is 2.56. The highest BCUT2D eigenvalue weighted by Gasteiger charge is 2.19. The van der Waals surface area contributed by atoms with Gasteiger partial charge in [-0.2, -0.15) is 0 Å². The van der Waals surface area contributed by atoms with Crippen LogP contribution in [-0.2, 0) is 11.2 Å². The summed E-state index contributed by atoms with van der Waals surface area (Å²) in [6.07, 6.45) is 0.269. The lowest BCUT2D eigenvalue weighted by atomic mass is 10.1. The fourth-order valence-corrected chi connectivity index (χ4v) is 2.06. The summed E-state index contributed by atoms with van der Waals surface area (Å²) in [7, 11) is 3.37. The van der Waals surface area contributed by atoms with Crippen LogP contribution in [0.1, 0.15) is 15.9 Å². The number of hydrogen-bond donors (Lipinski definition) is 1. The highest BCUT2D eigenvalue weighted by molar-refractivity contribution is 6.07. The van der Waals surface area contributed by atoms with Crippen LogP contribution < -0.4 is 5.32 Å². The lowest BCUT2D eigenvalue weighted by molar-refractivity contribution is -0.385. The second kappa shape index (κ2) is 7.36. The number of likely N-dealkylation sites (N-methyl/N-ethyl adjacent to an activating group) is 1. The van der Waals surface area contributed by atoms with Crippen LogP contribution in [0.2, 0.25) is 0 Å². The van der Waals surface area contributed by atoms with Gasteiger partial charge in [-0.15, -0.1) is 0 Å². The van der Waals surface area contributed by atoms with Gasteiger partial charge in [0.1, 0.15) is 5.56 Å². The van der Waals surface area contributed by atoms with Gasteiger partial charge in [0.25, 0.3) is 11.6 Å². The molecule has 24 heavy (non-hydrogen) atoms. The first kappa shape index (κ1) is 17.1. The summed E-state index contributed by atoms with van der Waals surface area (Å²) in [6, 6.07) is 12.5. The smallest absolute Gasteiger partial charge is 0.282 e. The van der Waals surface area contributed by atoms with Gasteiger partial charge < -0.3 is 10.2 Å². The zero-order chi connectivity index (χ0) is 17.7. The standard InChI is InChI=1S/C17H17N3O4/c1-19(2)16(21)11-12-7-9-13(10-8-12)18-17(22)14-5-3-4-6-15(14)20(23)24/h3-10H,11H2,1-2H3,(H,18,22). The average molecular weight is 327 g/mol. The first-order valence-corrected chi connectivity index (χ1v) is 7.22. The molecule has 0 spiro atoms. The molecule has 2 aromatic rings. The largest absolute Gasteiger partial charge is 0.349 e. The predicted molar refractivity (Wildman–Crippen MR) is 89.9 cm³/mol. The van der Waals surface area contributed by atoms with Gasteiger partial charge in [-0.3, -0.25) is 19.7 Å². The number of anilines is 1. The maximum absolute atomic E-state index is 12.2. The quantitative estimate of drug-likeness (QED) is 0.674. The van der Waals surface area contributed by atoms with Gasteiger partial charge in [0, 0.05) is 25.8 Å². The van der Waals surface area contributed by atoms with Gasteiger partial charge in [-0.25, -0.2) is 0 Å². The number of rotatable bonds is 5. The van der Waals surface area contributed by atoms with Crippen molar-refractivity contribution >= 4 is 23.2 Å². The van der Waals surface area contributed by atoms with Crippen LogP contribution >= 0.6 is 0 Å². The molecule has 0 aliphatic carbocycles. The Morgan fingerprint density at radius 1 is 1.08 bits per heavy atom. The Morgan fingerprint density at radius 3 is 2.29 bits per heavy atom. The van der Waals surface area contributed by atoms with Crippen LogP contribution in [0.15, 0.2) is 48.5 Å². The van der Waals surface area contributed by atoms with E-state index in [4.69, 9.17) is 0 Å². The normalized spacial score (nSPS) is 10.1. The molecule has 1 N–H and O–H groups in total. The first-order valence-electron chi connectivity index (χ1n) is 7.22. The fourth-order valence-electron chi connectivity index (χ4n) is 2.06. The molecule has 0 saturated carbocycles. The molecule has 0 bridgehead atoms. The number of carbonyl (C=O) groups excluding carboxylic acids is 2. The summed E-state index contributed by atoms with van der Waals surface area (Å²) in [5.74, 6) is -0.578. The molecule has 0 unspecified atom stereocenters. The molecule has 2 rings (SSSR count). The summed E-state index contributed by atoms with van der Waals surface area (Å²) in [6.45, 7) is 0. The lowest BCUT2D eigenvalue weighted by Gasteiger charge is -2.10. The molecule has 0 aromatic heterocycles. The van der Waals surface area contributed by atoms with Crippen molar-refractivity contribution < 1.29 is 14.5 Å². The molecule has 124 valence electrons. The minimum atomic E-state index is -0.592. The van der Waals surface area contributed by atoms with E-state index in [-0.39, 0.29) is 23.6 Å². The van der Waals surface area contributed by atoms with E-state index in [1.165, 1.54) is 23.1 Å². The maximum atomic E-state index is 12.2. The molecule has 0 fully saturated rings. The number of carbonyl (C=O) groups is 2. The molecule has 0 aliphatic heterocycles. The third-order valence-corrected chi connectivity index (χ3v) is 3.41. The summed E-state index contributed by atoms with van der Waals surface area (Å²) in [5.41, 5.74) is 1.06. The SMILES string of the molecule is CN(C)C(=O)Cc1ccc(NC(=O)c2ccccc2[N+](=O)[O-])cc1. The fraction of sp³-hybridized carbons (Fsp3) is 0.176. The van der Waals surface area contributed by atoms with Gasteiger partial charge >= 0.3 is 0 Å². The van der Waals surface area contributed by atoms with E-state index in [0.29, 0.717) is 5.69 Å². The van der Waals surface area contributed by atoms with Gasteiger partial charge in [-0.1, -0.05) is 24.3 Å². The van der Waals surface area contributed by atoms with E-state index >= 15 is 0 Å². The van der Waals surface area contributed by atoms with Crippen LogP contribution in [0.3, 0.4) is 0 Å². The number of para-hydroxylation sites is 1. The molecule has 2 aromatic carbocycles. The molecule has 0 saturated heterocycles. The van der Waals surface area contributed by atoms with Crippen LogP contribution in [0, 0.1) is 10.1 Å². The van der Waals surface area contributed by atoms with Crippen LogP contribution in [0.5, 0.6) is 0 Å². The van der Waals surface area contributed by atoms with E-state index in [2.05, 4.69) is 5.32 Å². The number of nitro benzene ring substituents is 1. The third kappa shape index (κ3) is 4.16. The van der Waals surface area contributed by atoms with E-state index in [9.17, 15) is 19.7 Å².